The molecule has 0 saturated carbocycles. The molecule has 1 spiro atoms. The van der Waals surface area contributed by atoms with Gasteiger partial charge in [0.05, 0.1) is 33.5 Å². The van der Waals surface area contributed by atoms with Crippen molar-refractivity contribution in [2.75, 3.05) is 0 Å². The minimum Gasteiger partial charge on any atom is -0.309 e. The van der Waals surface area contributed by atoms with Gasteiger partial charge in [0.2, 0.25) is 0 Å². The molecule has 4 heteroatoms. The van der Waals surface area contributed by atoms with Crippen molar-refractivity contribution in [1.29, 1.82) is 0 Å². The van der Waals surface area contributed by atoms with Gasteiger partial charge in [0.1, 0.15) is 0 Å². The molecule has 3 aliphatic rings. The first-order valence-electron chi connectivity index (χ1n) is 17.8. The number of allylic oxidation sites excluding steroid dienone is 6. The summed E-state index contributed by atoms with van der Waals surface area (Å²) in [6, 6.07) is 53.2. The molecular formula is C48H31N3S. The molecule has 52 heavy (non-hydrogen) atoms. The minimum atomic E-state index is -0.564. The zero-order valence-electron chi connectivity index (χ0n) is 28.2. The van der Waals surface area contributed by atoms with Crippen molar-refractivity contribution in [3.05, 3.63) is 204 Å². The lowest BCUT2D eigenvalue weighted by molar-refractivity contribution is 0.689. The molecule has 1 unspecified atom stereocenters. The fourth-order valence-electron chi connectivity index (χ4n) is 8.71. The maximum Gasteiger partial charge on any atom is 0.160 e. The molecule has 1 aliphatic carbocycles. The van der Waals surface area contributed by atoms with Crippen LogP contribution >= 0.6 is 11.8 Å². The average molecular weight is 682 g/mol. The molecule has 2 aromatic heterocycles. The van der Waals surface area contributed by atoms with Crippen molar-refractivity contribution < 1.29 is 0 Å². The predicted octanol–water partition coefficient (Wildman–Crippen LogP) is 12.0. The highest BCUT2D eigenvalue weighted by atomic mass is 32.2. The Balaban J connectivity index is 1.23. The van der Waals surface area contributed by atoms with Gasteiger partial charge in [0.25, 0.3) is 0 Å². The lowest BCUT2D eigenvalue weighted by Gasteiger charge is -2.45. The van der Waals surface area contributed by atoms with Gasteiger partial charge in [-0.1, -0.05) is 151 Å². The fourth-order valence-corrected chi connectivity index (χ4v) is 9.89. The van der Waals surface area contributed by atoms with E-state index in [1.165, 1.54) is 59.5 Å². The third-order valence-electron chi connectivity index (χ3n) is 10.9. The molecule has 0 fully saturated rings. The summed E-state index contributed by atoms with van der Waals surface area (Å²) in [4.78, 5) is 13.1. The molecule has 8 aromatic rings. The van der Waals surface area contributed by atoms with Crippen molar-refractivity contribution >= 4 is 39.1 Å². The largest absolute Gasteiger partial charge is 0.309 e. The van der Waals surface area contributed by atoms with E-state index in [1.807, 2.05) is 11.8 Å². The van der Waals surface area contributed by atoms with Crippen LogP contribution < -0.4 is 0 Å². The lowest BCUT2D eigenvalue weighted by atomic mass is 9.62. The van der Waals surface area contributed by atoms with Crippen LogP contribution in [-0.2, 0) is 5.41 Å². The highest BCUT2D eigenvalue weighted by Gasteiger charge is 2.49. The van der Waals surface area contributed by atoms with Crippen molar-refractivity contribution in [3.8, 4) is 28.3 Å². The summed E-state index contributed by atoms with van der Waals surface area (Å²) in [6.07, 6.45) is 11.6. The highest BCUT2D eigenvalue weighted by molar-refractivity contribution is 7.99. The number of fused-ring (bicyclic) bond motifs is 11. The van der Waals surface area contributed by atoms with E-state index in [9.17, 15) is 0 Å². The summed E-state index contributed by atoms with van der Waals surface area (Å²) in [5.41, 5.74) is 13.3. The fraction of sp³-hybridized carbons (Fsp3) is 0.0417. The zero-order valence-corrected chi connectivity index (χ0v) is 29.0. The van der Waals surface area contributed by atoms with Crippen molar-refractivity contribution in [2.24, 2.45) is 0 Å². The number of rotatable bonds is 3. The first-order chi connectivity index (χ1) is 25.8. The second kappa shape index (κ2) is 11.4. The number of nitrogens with zero attached hydrogens (tertiary/aromatic N) is 3. The maximum atomic E-state index is 5.30. The van der Waals surface area contributed by atoms with Gasteiger partial charge in [-0.15, -0.1) is 0 Å². The molecule has 2 aliphatic heterocycles. The standard InChI is InChI=1S/C48H31N3S/c1-2-5-16-31(15-4-1)40-30-41(32-17-6-3-7-18-32)50-47(49-40)33-27-28-45-39(29-33)48(37-22-10-13-26-44(37)52-45)36-21-9-12-25-43(36)51-42-24-11-8-19-34(42)35-20-14-23-38(48)46(35)51/h1-4,6-30H,5H2. The molecule has 0 N–H and O–H groups in total. The Labute approximate surface area is 306 Å². The van der Waals surface area contributed by atoms with E-state index in [-0.39, 0.29) is 0 Å². The van der Waals surface area contributed by atoms with E-state index in [4.69, 9.17) is 9.97 Å². The molecule has 0 saturated heterocycles. The van der Waals surface area contributed by atoms with Gasteiger partial charge in [-0.3, -0.25) is 0 Å². The Morgan fingerprint density at radius 1 is 0.558 bits per heavy atom. The molecule has 0 bridgehead atoms. The van der Waals surface area contributed by atoms with E-state index in [0.717, 1.165) is 40.3 Å². The summed E-state index contributed by atoms with van der Waals surface area (Å²) in [7, 11) is 0. The van der Waals surface area contributed by atoms with Crippen molar-refractivity contribution in [1.82, 2.24) is 14.5 Å². The molecule has 11 rings (SSSR count). The van der Waals surface area contributed by atoms with Gasteiger partial charge < -0.3 is 4.57 Å². The van der Waals surface area contributed by atoms with E-state index in [0.29, 0.717) is 0 Å². The van der Waals surface area contributed by atoms with E-state index >= 15 is 0 Å². The second-order valence-electron chi connectivity index (χ2n) is 13.6. The Morgan fingerprint density at radius 3 is 2.25 bits per heavy atom. The van der Waals surface area contributed by atoms with Gasteiger partial charge >= 0.3 is 0 Å². The van der Waals surface area contributed by atoms with Crippen LogP contribution in [0.15, 0.2) is 186 Å². The zero-order chi connectivity index (χ0) is 34.2. The molecule has 3 nitrogen and oxygen atoms in total. The third kappa shape index (κ3) is 4.16. The Hall–Kier alpha value is -6.23. The van der Waals surface area contributed by atoms with Crippen LogP contribution in [0.1, 0.15) is 34.4 Å². The molecule has 244 valence electrons. The second-order valence-corrected chi connectivity index (χ2v) is 14.7. The summed E-state index contributed by atoms with van der Waals surface area (Å²) in [6.45, 7) is 0. The number of aromatic nitrogens is 3. The normalized spacial score (nSPS) is 16.7. The van der Waals surface area contributed by atoms with Crippen LogP contribution in [0, 0.1) is 0 Å². The first kappa shape index (κ1) is 29.5. The smallest absolute Gasteiger partial charge is 0.160 e. The average Bonchev–Trinajstić information content (AvgIpc) is 3.33. The Morgan fingerprint density at radius 2 is 1.31 bits per heavy atom. The topological polar surface area (TPSA) is 30.7 Å². The predicted molar refractivity (Wildman–Crippen MR) is 214 cm³/mol. The first-order valence-corrected chi connectivity index (χ1v) is 18.6. The van der Waals surface area contributed by atoms with Crippen LogP contribution in [-0.4, -0.2) is 14.5 Å². The summed E-state index contributed by atoms with van der Waals surface area (Å²) >= 11 is 1.86. The van der Waals surface area contributed by atoms with Crippen LogP contribution in [0.3, 0.4) is 0 Å². The van der Waals surface area contributed by atoms with Crippen LogP contribution in [0.5, 0.6) is 0 Å². The van der Waals surface area contributed by atoms with Gasteiger partial charge in [0, 0.05) is 31.7 Å². The molecule has 0 amide bonds. The lowest BCUT2D eigenvalue weighted by Crippen LogP contribution is -2.37. The van der Waals surface area contributed by atoms with Crippen molar-refractivity contribution in [2.45, 2.75) is 21.6 Å². The maximum absolute atomic E-state index is 5.30. The van der Waals surface area contributed by atoms with Crippen LogP contribution in [0.2, 0.25) is 0 Å². The van der Waals surface area contributed by atoms with E-state index < -0.39 is 5.41 Å². The van der Waals surface area contributed by atoms with Gasteiger partial charge in [0.15, 0.2) is 5.82 Å². The Kier molecular flexibility index (Phi) is 6.46. The summed E-state index contributed by atoms with van der Waals surface area (Å²) in [5.74, 6) is 0.723. The third-order valence-corrected chi connectivity index (χ3v) is 12.0. The van der Waals surface area contributed by atoms with Crippen molar-refractivity contribution in [3.63, 3.8) is 0 Å². The van der Waals surface area contributed by atoms with Gasteiger partial charge in [-0.2, -0.15) is 0 Å². The van der Waals surface area contributed by atoms with Crippen LogP contribution in [0.25, 0.3) is 55.7 Å². The van der Waals surface area contributed by atoms with E-state index in [1.54, 1.807) is 0 Å². The number of hydrogen-bond acceptors (Lipinski definition) is 3. The van der Waals surface area contributed by atoms with Gasteiger partial charge in [-0.25, -0.2) is 9.97 Å². The molecule has 1 atom stereocenters. The summed E-state index contributed by atoms with van der Waals surface area (Å²) < 4.78 is 2.50. The SMILES string of the molecule is C1=CCC=C(c2cc(-c3ccccc3)nc(-c3ccc4c(c3)C3(c5ccccc5S4)c4ccccc4-n4c5ccccc5c5cccc3c54)n2)C=C1. The number of hydrogen-bond donors (Lipinski definition) is 0. The monoisotopic (exact) mass is 681 g/mol. The minimum absolute atomic E-state index is 0.564. The number of benzene rings is 6. The molecule has 6 aromatic carbocycles. The molecule has 0 radical (unpaired) electrons. The van der Waals surface area contributed by atoms with Gasteiger partial charge in [-0.05, 0) is 70.6 Å². The van der Waals surface area contributed by atoms with E-state index in [2.05, 4.69) is 181 Å². The molecule has 4 heterocycles. The van der Waals surface area contributed by atoms with Crippen LogP contribution in [0.4, 0.5) is 0 Å². The highest BCUT2D eigenvalue weighted by Crippen LogP contribution is 2.60. The number of para-hydroxylation sites is 3. The Bertz CT molecular complexity index is 2860. The summed E-state index contributed by atoms with van der Waals surface area (Å²) in [5, 5.41) is 2.55. The quantitative estimate of drug-likeness (QED) is 0.186. The molecular weight excluding hydrogens is 651 g/mol.